The minimum atomic E-state index is -0.223. The minimum Gasteiger partial charge on any atom is -0.305 e. The SMILES string of the molecule is CCc1cc(NC(=O)c2ccc3n[nH]nc3c2)n[nH]1. The molecule has 7 nitrogen and oxygen atoms in total. The van der Waals surface area contributed by atoms with Crippen LogP contribution < -0.4 is 5.32 Å². The molecule has 3 rings (SSSR count). The van der Waals surface area contributed by atoms with E-state index in [4.69, 9.17) is 0 Å². The molecule has 1 amide bonds. The zero-order valence-electron chi connectivity index (χ0n) is 10.3. The first-order chi connectivity index (χ1) is 9.26. The number of H-pyrrole nitrogens is 2. The molecule has 2 aromatic heterocycles. The van der Waals surface area contributed by atoms with Gasteiger partial charge in [0.05, 0.1) is 0 Å². The predicted molar refractivity (Wildman–Crippen MR) is 69.8 cm³/mol. The molecule has 0 radical (unpaired) electrons. The normalized spacial score (nSPS) is 10.8. The van der Waals surface area contributed by atoms with E-state index in [1.807, 2.05) is 13.0 Å². The third kappa shape index (κ3) is 2.17. The van der Waals surface area contributed by atoms with Gasteiger partial charge < -0.3 is 5.32 Å². The lowest BCUT2D eigenvalue weighted by Crippen LogP contribution is -2.12. The number of hydrogen-bond donors (Lipinski definition) is 3. The molecule has 2 heterocycles. The van der Waals surface area contributed by atoms with Gasteiger partial charge in [-0.25, -0.2) is 0 Å². The summed E-state index contributed by atoms with van der Waals surface area (Å²) in [6, 6.07) is 6.94. The molecule has 0 saturated heterocycles. The van der Waals surface area contributed by atoms with E-state index in [-0.39, 0.29) is 5.91 Å². The standard InChI is InChI=1S/C12H12N6O/c1-2-8-6-11(17-14-8)13-12(19)7-3-4-9-10(5-7)16-18-15-9/h3-6H,2H2,1H3,(H,15,16,18)(H2,13,14,17,19). The van der Waals surface area contributed by atoms with Crippen LogP contribution in [-0.4, -0.2) is 31.5 Å². The number of anilines is 1. The lowest BCUT2D eigenvalue weighted by Gasteiger charge is -2.00. The third-order valence-electron chi connectivity index (χ3n) is 2.83. The lowest BCUT2D eigenvalue weighted by atomic mass is 10.2. The van der Waals surface area contributed by atoms with Crippen LogP contribution in [0.5, 0.6) is 0 Å². The molecule has 19 heavy (non-hydrogen) atoms. The first kappa shape index (κ1) is 11.4. The minimum absolute atomic E-state index is 0.223. The van der Waals surface area contributed by atoms with Gasteiger partial charge in [0.15, 0.2) is 5.82 Å². The molecule has 96 valence electrons. The number of aryl methyl sites for hydroxylation is 1. The highest BCUT2D eigenvalue weighted by molar-refractivity contribution is 6.05. The van der Waals surface area contributed by atoms with Gasteiger partial charge in [0.2, 0.25) is 0 Å². The summed E-state index contributed by atoms with van der Waals surface area (Å²) in [7, 11) is 0. The molecule has 0 aliphatic carbocycles. The molecular weight excluding hydrogens is 244 g/mol. The Kier molecular flexibility index (Phi) is 2.71. The molecule has 0 saturated carbocycles. The second-order valence-corrected chi connectivity index (χ2v) is 4.11. The fraction of sp³-hybridized carbons (Fsp3) is 0.167. The summed E-state index contributed by atoms with van der Waals surface area (Å²) in [4.78, 5) is 12.1. The number of aromatic amines is 2. The monoisotopic (exact) mass is 256 g/mol. The maximum absolute atomic E-state index is 12.1. The molecule has 3 N–H and O–H groups in total. The molecule has 0 bridgehead atoms. The quantitative estimate of drug-likeness (QED) is 0.661. The van der Waals surface area contributed by atoms with Crippen molar-refractivity contribution in [1.29, 1.82) is 0 Å². The Morgan fingerprint density at radius 1 is 1.21 bits per heavy atom. The van der Waals surface area contributed by atoms with E-state index in [2.05, 4.69) is 30.9 Å². The summed E-state index contributed by atoms with van der Waals surface area (Å²) >= 11 is 0. The van der Waals surface area contributed by atoms with Crippen molar-refractivity contribution in [1.82, 2.24) is 25.6 Å². The largest absolute Gasteiger partial charge is 0.305 e. The molecule has 0 fully saturated rings. The Bertz CT molecular complexity index is 728. The number of fused-ring (bicyclic) bond motifs is 1. The summed E-state index contributed by atoms with van der Waals surface area (Å²) in [6.45, 7) is 2.01. The van der Waals surface area contributed by atoms with Gasteiger partial charge in [0, 0.05) is 17.3 Å². The summed E-state index contributed by atoms with van der Waals surface area (Å²) < 4.78 is 0. The molecule has 3 aromatic rings. The van der Waals surface area contributed by atoms with Crippen LogP contribution in [0.1, 0.15) is 23.0 Å². The highest BCUT2D eigenvalue weighted by Gasteiger charge is 2.10. The topological polar surface area (TPSA) is 99.3 Å². The number of aromatic nitrogens is 5. The molecule has 0 unspecified atom stereocenters. The van der Waals surface area contributed by atoms with E-state index < -0.39 is 0 Å². The second kappa shape index (κ2) is 4.52. The second-order valence-electron chi connectivity index (χ2n) is 4.11. The third-order valence-corrected chi connectivity index (χ3v) is 2.83. The van der Waals surface area contributed by atoms with E-state index in [0.29, 0.717) is 16.9 Å². The number of amides is 1. The van der Waals surface area contributed by atoms with Crippen molar-refractivity contribution in [3.05, 3.63) is 35.5 Å². The van der Waals surface area contributed by atoms with Crippen LogP contribution in [0.25, 0.3) is 11.0 Å². The van der Waals surface area contributed by atoms with Gasteiger partial charge in [0.25, 0.3) is 5.91 Å². The van der Waals surface area contributed by atoms with Gasteiger partial charge in [-0.15, -0.1) is 0 Å². The van der Waals surface area contributed by atoms with Crippen molar-refractivity contribution in [3.63, 3.8) is 0 Å². The van der Waals surface area contributed by atoms with Gasteiger partial charge in [-0.1, -0.05) is 6.92 Å². The van der Waals surface area contributed by atoms with Gasteiger partial charge in [-0.05, 0) is 24.6 Å². The highest BCUT2D eigenvalue weighted by atomic mass is 16.1. The Balaban J connectivity index is 1.82. The van der Waals surface area contributed by atoms with Crippen LogP contribution in [-0.2, 0) is 6.42 Å². The highest BCUT2D eigenvalue weighted by Crippen LogP contribution is 2.13. The molecular formula is C12H12N6O. The molecule has 0 aliphatic heterocycles. The van der Waals surface area contributed by atoms with Crippen LogP contribution in [0.3, 0.4) is 0 Å². The Morgan fingerprint density at radius 2 is 2.05 bits per heavy atom. The van der Waals surface area contributed by atoms with Crippen LogP contribution in [0.4, 0.5) is 5.82 Å². The van der Waals surface area contributed by atoms with Crippen molar-refractivity contribution < 1.29 is 4.79 Å². The number of carbonyl (C=O) groups is 1. The average molecular weight is 256 g/mol. The van der Waals surface area contributed by atoms with Crippen LogP contribution in [0.15, 0.2) is 24.3 Å². The van der Waals surface area contributed by atoms with Crippen molar-refractivity contribution in [2.45, 2.75) is 13.3 Å². The fourth-order valence-electron chi connectivity index (χ4n) is 1.78. The Labute approximate surface area is 108 Å². The van der Waals surface area contributed by atoms with Gasteiger partial charge in [-0.2, -0.15) is 20.5 Å². The first-order valence-corrected chi connectivity index (χ1v) is 5.92. The number of nitrogens with one attached hydrogen (secondary N) is 3. The predicted octanol–water partition coefficient (Wildman–Crippen LogP) is 1.50. The Morgan fingerprint density at radius 3 is 2.84 bits per heavy atom. The Hall–Kier alpha value is -2.70. The summed E-state index contributed by atoms with van der Waals surface area (Å²) in [5.41, 5.74) is 2.87. The number of hydrogen-bond acceptors (Lipinski definition) is 4. The summed E-state index contributed by atoms with van der Waals surface area (Å²) in [6.07, 6.45) is 0.841. The molecule has 0 spiro atoms. The van der Waals surface area contributed by atoms with Crippen molar-refractivity contribution in [2.24, 2.45) is 0 Å². The van der Waals surface area contributed by atoms with E-state index >= 15 is 0 Å². The number of carbonyl (C=O) groups excluding carboxylic acids is 1. The van der Waals surface area contributed by atoms with E-state index in [1.165, 1.54) is 0 Å². The number of benzene rings is 1. The van der Waals surface area contributed by atoms with Crippen LogP contribution >= 0.6 is 0 Å². The zero-order valence-corrected chi connectivity index (χ0v) is 10.3. The van der Waals surface area contributed by atoms with E-state index in [0.717, 1.165) is 17.6 Å². The smallest absolute Gasteiger partial charge is 0.256 e. The molecule has 0 aliphatic rings. The van der Waals surface area contributed by atoms with Gasteiger partial charge in [0.1, 0.15) is 11.0 Å². The number of nitrogens with zero attached hydrogens (tertiary/aromatic N) is 3. The van der Waals surface area contributed by atoms with Crippen molar-refractivity contribution in [2.75, 3.05) is 5.32 Å². The maximum atomic E-state index is 12.1. The lowest BCUT2D eigenvalue weighted by molar-refractivity contribution is 0.102. The molecule has 7 heteroatoms. The molecule has 0 atom stereocenters. The maximum Gasteiger partial charge on any atom is 0.256 e. The first-order valence-electron chi connectivity index (χ1n) is 5.92. The summed E-state index contributed by atoms with van der Waals surface area (Å²) in [5, 5.41) is 20.0. The fourth-order valence-corrected chi connectivity index (χ4v) is 1.78. The van der Waals surface area contributed by atoms with Crippen LogP contribution in [0.2, 0.25) is 0 Å². The van der Waals surface area contributed by atoms with E-state index in [1.54, 1.807) is 18.2 Å². The van der Waals surface area contributed by atoms with Crippen molar-refractivity contribution >= 4 is 22.8 Å². The van der Waals surface area contributed by atoms with E-state index in [9.17, 15) is 4.79 Å². The summed E-state index contributed by atoms with van der Waals surface area (Å²) in [5.74, 6) is 0.293. The van der Waals surface area contributed by atoms with Gasteiger partial charge >= 0.3 is 0 Å². The zero-order chi connectivity index (χ0) is 13.2. The van der Waals surface area contributed by atoms with Gasteiger partial charge in [-0.3, -0.25) is 9.89 Å². The van der Waals surface area contributed by atoms with Crippen molar-refractivity contribution in [3.8, 4) is 0 Å². The molecule has 1 aromatic carbocycles. The van der Waals surface area contributed by atoms with Crippen LogP contribution in [0, 0.1) is 0 Å². The number of rotatable bonds is 3. The average Bonchev–Trinajstić information content (AvgIpc) is 3.05.